The maximum absolute atomic E-state index is 11.8. The number of hydrogen-bond donors (Lipinski definition) is 1. The Morgan fingerprint density at radius 1 is 1.15 bits per heavy atom. The highest BCUT2D eigenvalue weighted by atomic mass is 35.5. The Bertz CT molecular complexity index is 728. The van der Waals surface area contributed by atoms with E-state index in [-0.39, 0.29) is 24.7 Å². The fourth-order valence-electron chi connectivity index (χ4n) is 2.45. The fourth-order valence-corrected chi connectivity index (χ4v) is 2.45. The molecule has 8 heteroatoms. The molecule has 0 aliphatic rings. The summed E-state index contributed by atoms with van der Waals surface area (Å²) in [4.78, 5) is 24.1. The van der Waals surface area contributed by atoms with Gasteiger partial charge in [-0.05, 0) is 38.1 Å². The number of anilines is 1. The molecule has 2 rings (SSSR count). The number of rotatable bonds is 9. The maximum atomic E-state index is 11.8. The molecule has 1 N–H and O–H groups in total. The number of nitro benzene ring substituents is 1. The average Bonchev–Trinajstić information content (AvgIpc) is 2.63. The van der Waals surface area contributed by atoms with E-state index in [9.17, 15) is 14.9 Å². The van der Waals surface area contributed by atoms with Crippen LogP contribution in [0.25, 0.3) is 0 Å². The lowest BCUT2D eigenvalue weighted by molar-refractivity contribution is -0.384. The number of non-ortho nitro benzene ring substituents is 1. The van der Waals surface area contributed by atoms with Crippen molar-refractivity contribution in [2.75, 3.05) is 32.1 Å². The first kappa shape index (κ1) is 22.4. The molecule has 0 saturated carbocycles. The van der Waals surface area contributed by atoms with E-state index < -0.39 is 11.0 Å². The smallest absolute Gasteiger partial charge is 0.411 e. The molecular weight excluding hydrogens is 370 g/mol. The number of aryl methyl sites for hydroxylation is 1. The third-order valence-electron chi connectivity index (χ3n) is 3.86. The van der Waals surface area contributed by atoms with Crippen molar-refractivity contribution in [1.82, 2.24) is 4.90 Å². The molecule has 2 aromatic rings. The predicted octanol–water partition coefficient (Wildman–Crippen LogP) is 4.13. The number of carbonyl (C=O) groups excluding carboxylic acids is 1. The van der Waals surface area contributed by atoms with Gasteiger partial charge in [0.2, 0.25) is 0 Å². The molecule has 27 heavy (non-hydrogen) atoms. The monoisotopic (exact) mass is 393 g/mol. The van der Waals surface area contributed by atoms with Crippen LogP contribution >= 0.6 is 12.4 Å². The molecule has 2 aromatic carbocycles. The zero-order chi connectivity index (χ0) is 18.8. The Labute approximate surface area is 164 Å². The second-order valence-electron chi connectivity index (χ2n) is 5.96. The van der Waals surface area contributed by atoms with E-state index in [1.807, 2.05) is 25.2 Å². The molecule has 0 bridgehead atoms. The van der Waals surface area contributed by atoms with Gasteiger partial charge in [-0.2, -0.15) is 0 Å². The summed E-state index contributed by atoms with van der Waals surface area (Å²) in [6, 6.07) is 16.0. The predicted molar refractivity (Wildman–Crippen MR) is 108 cm³/mol. The SMILES string of the molecule is CN(CCCc1ccccc1)CCOC(=O)Nc1cccc([N+](=O)[O-])c1.Cl. The molecule has 0 saturated heterocycles. The molecule has 0 atom stereocenters. The van der Waals surface area contributed by atoms with Crippen molar-refractivity contribution in [2.45, 2.75) is 12.8 Å². The van der Waals surface area contributed by atoms with E-state index in [1.165, 1.54) is 23.8 Å². The lowest BCUT2D eigenvalue weighted by Gasteiger charge is -2.16. The summed E-state index contributed by atoms with van der Waals surface area (Å²) in [7, 11) is 1.98. The van der Waals surface area contributed by atoms with Gasteiger partial charge in [0.15, 0.2) is 0 Å². The first-order chi connectivity index (χ1) is 12.5. The van der Waals surface area contributed by atoms with Crippen LogP contribution in [0.2, 0.25) is 0 Å². The first-order valence-electron chi connectivity index (χ1n) is 8.45. The summed E-state index contributed by atoms with van der Waals surface area (Å²) in [5.74, 6) is 0. The van der Waals surface area contributed by atoms with E-state index in [2.05, 4.69) is 22.3 Å². The van der Waals surface area contributed by atoms with Crippen molar-refractivity contribution in [2.24, 2.45) is 0 Å². The molecule has 0 spiro atoms. The number of halogens is 1. The Balaban J connectivity index is 0.00000364. The van der Waals surface area contributed by atoms with E-state index in [0.717, 1.165) is 19.4 Å². The highest BCUT2D eigenvalue weighted by molar-refractivity contribution is 5.85. The molecule has 1 amide bonds. The number of carbonyl (C=O) groups is 1. The highest BCUT2D eigenvalue weighted by Gasteiger charge is 2.09. The Hall–Kier alpha value is -2.64. The second-order valence-corrected chi connectivity index (χ2v) is 5.96. The van der Waals surface area contributed by atoms with Gasteiger partial charge in [0.25, 0.3) is 5.69 Å². The summed E-state index contributed by atoms with van der Waals surface area (Å²) in [5.41, 5.74) is 1.56. The Morgan fingerprint density at radius 2 is 1.89 bits per heavy atom. The number of nitrogens with zero attached hydrogens (tertiary/aromatic N) is 2. The third-order valence-corrected chi connectivity index (χ3v) is 3.86. The fraction of sp³-hybridized carbons (Fsp3) is 0.316. The van der Waals surface area contributed by atoms with E-state index >= 15 is 0 Å². The normalized spacial score (nSPS) is 10.1. The van der Waals surface area contributed by atoms with Crippen LogP contribution in [0.3, 0.4) is 0 Å². The van der Waals surface area contributed by atoms with Crippen LogP contribution in [-0.4, -0.2) is 42.7 Å². The van der Waals surface area contributed by atoms with Gasteiger partial charge in [-0.25, -0.2) is 4.79 Å². The topological polar surface area (TPSA) is 84.7 Å². The van der Waals surface area contributed by atoms with Crippen LogP contribution < -0.4 is 5.32 Å². The number of amides is 1. The summed E-state index contributed by atoms with van der Waals surface area (Å²) < 4.78 is 5.12. The second kappa shape index (κ2) is 11.9. The molecule has 0 radical (unpaired) electrons. The van der Waals surface area contributed by atoms with Crippen LogP contribution in [0.4, 0.5) is 16.2 Å². The van der Waals surface area contributed by atoms with Crippen LogP contribution in [0.15, 0.2) is 54.6 Å². The number of ether oxygens (including phenoxy) is 1. The minimum Gasteiger partial charge on any atom is -0.448 e. The lowest BCUT2D eigenvalue weighted by atomic mass is 10.1. The molecule has 146 valence electrons. The zero-order valence-electron chi connectivity index (χ0n) is 15.2. The Kier molecular flexibility index (Phi) is 9.85. The lowest BCUT2D eigenvalue weighted by Crippen LogP contribution is -2.26. The average molecular weight is 394 g/mol. The van der Waals surface area contributed by atoms with Crippen LogP contribution in [-0.2, 0) is 11.2 Å². The van der Waals surface area contributed by atoms with Crippen LogP contribution in [0, 0.1) is 10.1 Å². The van der Waals surface area contributed by atoms with Gasteiger partial charge >= 0.3 is 6.09 Å². The number of nitrogens with one attached hydrogen (secondary N) is 1. The first-order valence-corrected chi connectivity index (χ1v) is 8.45. The molecule has 0 aliphatic heterocycles. The van der Waals surface area contributed by atoms with Gasteiger partial charge in [-0.3, -0.25) is 15.4 Å². The van der Waals surface area contributed by atoms with Crippen molar-refractivity contribution in [3.8, 4) is 0 Å². The molecule has 0 unspecified atom stereocenters. The standard InChI is InChI=1S/C19H23N3O4.ClH/c1-21(12-6-9-16-7-3-2-4-8-16)13-14-26-19(23)20-17-10-5-11-18(15-17)22(24)25;/h2-5,7-8,10-11,15H,6,9,12-14H2,1H3,(H,20,23);1H. The number of hydrogen-bond acceptors (Lipinski definition) is 5. The van der Waals surface area contributed by atoms with Gasteiger partial charge in [0, 0.05) is 18.7 Å². The van der Waals surface area contributed by atoms with Crippen molar-refractivity contribution >= 4 is 29.9 Å². The zero-order valence-corrected chi connectivity index (χ0v) is 16.0. The largest absolute Gasteiger partial charge is 0.448 e. The molecule has 0 aromatic heterocycles. The van der Waals surface area contributed by atoms with Crippen molar-refractivity contribution in [3.63, 3.8) is 0 Å². The molecule has 0 fully saturated rings. The quantitative estimate of drug-likeness (QED) is 0.511. The van der Waals surface area contributed by atoms with E-state index in [4.69, 9.17) is 4.74 Å². The number of nitro groups is 1. The summed E-state index contributed by atoms with van der Waals surface area (Å²) in [6.45, 7) is 1.78. The van der Waals surface area contributed by atoms with Crippen LogP contribution in [0.1, 0.15) is 12.0 Å². The van der Waals surface area contributed by atoms with Crippen molar-refractivity contribution in [3.05, 3.63) is 70.3 Å². The molecule has 7 nitrogen and oxygen atoms in total. The van der Waals surface area contributed by atoms with Crippen LogP contribution in [0.5, 0.6) is 0 Å². The van der Waals surface area contributed by atoms with Crippen molar-refractivity contribution in [1.29, 1.82) is 0 Å². The van der Waals surface area contributed by atoms with Gasteiger partial charge in [-0.1, -0.05) is 36.4 Å². The third kappa shape index (κ3) is 8.52. The summed E-state index contributed by atoms with van der Waals surface area (Å²) in [5, 5.41) is 13.2. The molecular formula is C19H24ClN3O4. The van der Waals surface area contributed by atoms with Gasteiger partial charge < -0.3 is 9.64 Å². The van der Waals surface area contributed by atoms with Gasteiger partial charge in [0.1, 0.15) is 6.61 Å². The minimum atomic E-state index is -0.622. The molecule has 0 aliphatic carbocycles. The Morgan fingerprint density at radius 3 is 2.59 bits per heavy atom. The summed E-state index contributed by atoms with van der Waals surface area (Å²) >= 11 is 0. The summed E-state index contributed by atoms with van der Waals surface area (Å²) in [6.07, 6.45) is 1.42. The van der Waals surface area contributed by atoms with Gasteiger partial charge in [0.05, 0.1) is 10.6 Å². The minimum absolute atomic E-state index is 0. The maximum Gasteiger partial charge on any atom is 0.411 e. The van der Waals surface area contributed by atoms with Crippen molar-refractivity contribution < 1.29 is 14.5 Å². The number of benzene rings is 2. The van der Waals surface area contributed by atoms with E-state index in [0.29, 0.717) is 12.2 Å². The van der Waals surface area contributed by atoms with Gasteiger partial charge in [-0.15, -0.1) is 12.4 Å². The van der Waals surface area contributed by atoms with E-state index in [1.54, 1.807) is 6.07 Å². The number of likely N-dealkylation sites (N-methyl/N-ethyl adjacent to an activating group) is 1. The molecule has 0 heterocycles. The highest BCUT2D eigenvalue weighted by Crippen LogP contribution is 2.17.